The molecule has 0 saturated carbocycles. The number of rotatable bonds is 12. The number of benzene rings is 10. The highest BCUT2D eigenvalue weighted by atomic mass is 16.5. The number of fused-ring (bicyclic) bond motifs is 2. The van der Waals surface area contributed by atoms with Gasteiger partial charge in [-0.25, -0.2) is 0 Å². The van der Waals surface area contributed by atoms with Gasteiger partial charge in [-0.15, -0.1) is 10.2 Å². The van der Waals surface area contributed by atoms with Crippen molar-refractivity contribution in [3.63, 3.8) is 0 Å². The molecule has 0 saturated heterocycles. The molecule has 0 fully saturated rings. The third kappa shape index (κ3) is 8.11. The van der Waals surface area contributed by atoms with E-state index >= 15 is 0 Å². The van der Waals surface area contributed by atoms with Gasteiger partial charge in [-0.2, -0.15) is 0 Å². The van der Waals surface area contributed by atoms with Crippen LogP contribution >= 0.6 is 0 Å². The summed E-state index contributed by atoms with van der Waals surface area (Å²) in [4.78, 5) is 4.55. The fourth-order valence-electron chi connectivity index (χ4n) is 8.76. The Morgan fingerprint density at radius 2 is 0.731 bits per heavy atom. The predicted molar refractivity (Wildman–Crippen MR) is 273 cm³/mol. The lowest BCUT2D eigenvalue weighted by atomic mass is 10.0. The number of ether oxygens (including phenoxy) is 2. The van der Waals surface area contributed by atoms with Gasteiger partial charge in [0.15, 0.2) is 0 Å². The van der Waals surface area contributed by atoms with Crippen LogP contribution in [0.25, 0.3) is 55.6 Å². The average Bonchev–Trinajstić information content (AvgIpc) is 3.88. The van der Waals surface area contributed by atoms with Crippen LogP contribution in [-0.4, -0.2) is 17.3 Å². The van der Waals surface area contributed by atoms with Gasteiger partial charge < -0.3 is 23.7 Å². The Kier molecular flexibility index (Phi) is 10.9. The highest BCUT2D eigenvalue weighted by molar-refractivity contribution is 6.00. The van der Waals surface area contributed by atoms with E-state index in [4.69, 9.17) is 13.9 Å². The van der Waals surface area contributed by atoms with E-state index in [0.717, 1.165) is 89.4 Å². The summed E-state index contributed by atoms with van der Waals surface area (Å²) in [5, 5.41) is 12.8. The minimum absolute atomic E-state index is 0.429. The summed E-state index contributed by atoms with van der Waals surface area (Å²) in [6, 6.07) is 79.4. The molecule has 1 heterocycles. The van der Waals surface area contributed by atoms with Crippen molar-refractivity contribution in [2.75, 3.05) is 16.9 Å². The van der Waals surface area contributed by atoms with Crippen LogP contribution < -0.4 is 19.3 Å². The lowest BCUT2D eigenvalue weighted by Crippen LogP contribution is -2.10. The second-order valence-corrected chi connectivity index (χ2v) is 16.3. The Morgan fingerprint density at radius 1 is 0.358 bits per heavy atom. The molecule has 67 heavy (non-hydrogen) atoms. The number of aromatic nitrogens is 2. The molecule has 0 aliphatic heterocycles. The van der Waals surface area contributed by atoms with Gasteiger partial charge >= 0.3 is 0 Å². The zero-order valence-electron chi connectivity index (χ0n) is 37.0. The molecule has 0 unspecified atom stereocenters. The van der Waals surface area contributed by atoms with Gasteiger partial charge in [0.25, 0.3) is 0 Å². The fourth-order valence-corrected chi connectivity index (χ4v) is 8.76. The smallest absolute Gasteiger partial charge is 0.248 e. The molecule has 0 spiro atoms. The van der Waals surface area contributed by atoms with Gasteiger partial charge in [0.1, 0.15) is 17.2 Å². The highest BCUT2D eigenvalue weighted by Crippen LogP contribution is 2.42. The summed E-state index contributed by atoms with van der Waals surface area (Å²) < 4.78 is 18.6. The van der Waals surface area contributed by atoms with Crippen LogP contribution in [0.5, 0.6) is 17.2 Å². The SMILES string of the molecule is COc1ccc(-c2nnc(-c3ccc(Oc4ccc(N(c5ccccc5)c5ccc(-c6ccc(N(c7ccccc7)c7ccc(C)cc7)cc6)cc5)cc4)c4ccccc34)o2)c2ccccc12. The standard InChI is InChI=1S/C60H44N4O3/c1-41-21-27-46(28-22-41)63(44-13-5-3-6-14-44)47-29-23-42(24-30-47)43-25-31-48(32-26-43)64(45-15-7-4-8-16-45)49-33-35-50(36-34-49)66-58-40-38-56(52-18-10-12-20-54(52)58)60-62-61-59(67-60)55-37-39-57(65-2)53-19-11-9-17-51(53)55/h3-40H,1-2H3. The summed E-state index contributed by atoms with van der Waals surface area (Å²) in [5.41, 5.74) is 11.6. The summed E-state index contributed by atoms with van der Waals surface area (Å²) in [6.45, 7) is 2.12. The minimum Gasteiger partial charge on any atom is -0.496 e. The molecule has 0 aliphatic rings. The van der Waals surface area contributed by atoms with Gasteiger partial charge in [-0.1, -0.05) is 127 Å². The zero-order valence-corrected chi connectivity index (χ0v) is 37.0. The van der Waals surface area contributed by atoms with Crippen LogP contribution in [-0.2, 0) is 0 Å². The van der Waals surface area contributed by atoms with Crippen molar-refractivity contribution in [1.29, 1.82) is 0 Å². The molecule has 7 nitrogen and oxygen atoms in total. The molecule has 0 atom stereocenters. The van der Waals surface area contributed by atoms with Crippen LogP contribution in [0.2, 0.25) is 0 Å². The lowest BCUT2D eigenvalue weighted by molar-refractivity contribution is 0.420. The third-order valence-electron chi connectivity index (χ3n) is 12.1. The van der Waals surface area contributed by atoms with E-state index in [0.29, 0.717) is 17.5 Å². The average molecular weight is 869 g/mol. The number of para-hydroxylation sites is 2. The van der Waals surface area contributed by atoms with E-state index in [2.05, 4.69) is 179 Å². The van der Waals surface area contributed by atoms with Crippen LogP contribution in [0.15, 0.2) is 235 Å². The van der Waals surface area contributed by atoms with E-state index in [1.807, 2.05) is 78.9 Å². The Balaban J connectivity index is 0.846. The normalized spacial score (nSPS) is 11.1. The minimum atomic E-state index is 0.429. The fraction of sp³-hybridized carbons (Fsp3) is 0.0333. The molecule has 0 bridgehead atoms. The van der Waals surface area contributed by atoms with Crippen molar-refractivity contribution in [2.45, 2.75) is 6.92 Å². The van der Waals surface area contributed by atoms with E-state index in [-0.39, 0.29) is 0 Å². The molecule has 7 heteroatoms. The zero-order chi connectivity index (χ0) is 45.1. The van der Waals surface area contributed by atoms with E-state index in [9.17, 15) is 0 Å². The molecule has 10 aromatic carbocycles. The van der Waals surface area contributed by atoms with Crippen molar-refractivity contribution in [1.82, 2.24) is 10.2 Å². The summed E-state index contributed by atoms with van der Waals surface area (Å²) in [7, 11) is 1.67. The number of hydrogen-bond acceptors (Lipinski definition) is 7. The van der Waals surface area contributed by atoms with Gasteiger partial charge in [0.05, 0.1) is 7.11 Å². The van der Waals surface area contributed by atoms with Crippen molar-refractivity contribution in [2.24, 2.45) is 0 Å². The highest BCUT2D eigenvalue weighted by Gasteiger charge is 2.19. The number of anilines is 6. The number of nitrogens with zero attached hydrogens (tertiary/aromatic N) is 4. The predicted octanol–water partition coefficient (Wildman–Crippen LogP) is 16.4. The van der Waals surface area contributed by atoms with Crippen molar-refractivity contribution in [3.05, 3.63) is 236 Å². The van der Waals surface area contributed by atoms with Crippen molar-refractivity contribution >= 4 is 55.7 Å². The monoisotopic (exact) mass is 868 g/mol. The van der Waals surface area contributed by atoms with Gasteiger partial charge in [-0.3, -0.25) is 0 Å². The molecule has 0 amide bonds. The third-order valence-corrected chi connectivity index (χ3v) is 12.1. The molecular formula is C60H44N4O3. The van der Waals surface area contributed by atoms with E-state index in [1.165, 1.54) is 5.56 Å². The molecule has 1 aromatic heterocycles. The van der Waals surface area contributed by atoms with E-state index in [1.54, 1.807) is 7.11 Å². The second-order valence-electron chi connectivity index (χ2n) is 16.3. The molecule has 0 radical (unpaired) electrons. The quantitative estimate of drug-likeness (QED) is 0.121. The number of methoxy groups -OCH3 is 1. The largest absolute Gasteiger partial charge is 0.496 e. The second kappa shape index (κ2) is 17.9. The molecule has 0 aliphatic carbocycles. The maximum atomic E-state index is 6.62. The molecule has 322 valence electrons. The van der Waals surface area contributed by atoms with E-state index < -0.39 is 0 Å². The van der Waals surface area contributed by atoms with Crippen molar-refractivity contribution < 1.29 is 13.9 Å². The Hall–Kier alpha value is -8.94. The lowest BCUT2D eigenvalue weighted by Gasteiger charge is -2.26. The van der Waals surface area contributed by atoms with Crippen LogP contribution in [0, 0.1) is 6.92 Å². The van der Waals surface area contributed by atoms with Crippen LogP contribution in [0.1, 0.15) is 5.56 Å². The Morgan fingerprint density at radius 3 is 1.19 bits per heavy atom. The first-order valence-corrected chi connectivity index (χ1v) is 22.3. The first-order valence-electron chi connectivity index (χ1n) is 22.3. The molecule has 0 N–H and O–H groups in total. The molecule has 11 aromatic rings. The first-order chi connectivity index (χ1) is 33.1. The summed E-state index contributed by atoms with van der Waals surface area (Å²) in [5.74, 6) is 3.10. The van der Waals surface area contributed by atoms with Crippen LogP contribution in [0.3, 0.4) is 0 Å². The maximum absolute atomic E-state index is 6.62. The van der Waals surface area contributed by atoms with Crippen molar-refractivity contribution in [3.8, 4) is 51.3 Å². The molecular weight excluding hydrogens is 825 g/mol. The topological polar surface area (TPSA) is 63.9 Å². The summed E-state index contributed by atoms with van der Waals surface area (Å²) in [6.07, 6.45) is 0. The number of hydrogen-bond donors (Lipinski definition) is 0. The molecule has 11 rings (SSSR count). The van der Waals surface area contributed by atoms with Crippen LogP contribution in [0.4, 0.5) is 34.1 Å². The van der Waals surface area contributed by atoms with Gasteiger partial charge in [0, 0.05) is 56.0 Å². The maximum Gasteiger partial charge on any atom is 0.248 e. The summed E-state index contributed by atoms with van der Waals surface area (Å²) >= 11 is 0. The van der Waals surface area contributed by atoms with Gasteiger partial charge in [0.2, 0.25) is 11.8 Å². The van der Waals surface area contributed by atoms with Gasteiger partial charge in [-0.05, 0) is 138 Å². The first kappa shape index (κ1) is 40.8. The Bertz CT molecular complexity index is 3470. The Labute approximate surface area is 389 Å². The number of aryl methyl sites for hydroxylation is 1.